The van der Waals surface area contributed by atoms with Gasteiger partial charge in [0.2, 0.25) is 5.91 Å². The maximum Gasteiger partial charge on any atom is 0.239 e. The van der Waals surface area contributed by atoms with Gasteiger partial charge in [-0.15, -0.1) is 0 Å². The quantitative estimate of drug-likeness (QED) is 0.624. The third kappa shape index (κ3) is 3.91. The van der Waals surface area contributed by atoms with E-state index in [9.17, 15) is 9.59 Å². The van der Waals surface area contributed by atoms with Crippen LogP contribution in [0.1, 0.15) is 36.6 Å². The molecule has 0 saturated carbocycles. The van der Waals surface area contributed by atoms with Crippen LogP contribution in [0, 0.1) is 0 Å². The van der Waals surface area contributed by atoms with E-state index in [0.717, 1.165) is 35.5 Å². The van der Waals surface area contributed by atoms with E-state index < -0.39 is 6.04 Å². The summed E-state index contributed by atoms with van der Waals surface area (Å²) in [4.78, 5) is 28.2. The number of carbonyl (C=O) groups excluding carboxylic acids is 2. The maximum atomic E-state index is 13.1. The number of hydrogen-bond donors (Lipinski definition) is 2. The van der Waals surface area contributed by atoms with Crippen LogP contribution in [0.25, 0.3) is 0 Å². The molecule has 1 amide bonds. The zero-order valence-electron chi connectivity index (χ0n) is 17.7. The highest BCUT2D eigenvalue weighted by atomic mass is 16.3. The van der Waals surface area contributed by atoms with E-state index >= 15 is 0 Å². The highest BCUT2D eigenvalue weighted by molar-refractivity contribution is 6.01. The highest BCUT2D eigenvalue weighted by Crippen LogP contribution is 2.44. The van der Waals surface area contributed by atoms with Crippen LogP contribution in [0.5, 0.6) is 0 Å². The molecule has 0 radical (unpaired) electrons. The second kappa shape index (κ2) is 8.75. The number of allylic oxidation sites excluding steroid dienone is 1. The fraction of sp³-hybridized carbons (Fsp3) is 0.231. The van der Waals surface area contributed by atoms with Crippen LogP contribution < -0.4 is 15.5 Å². The van der Waals surface area contributed by atoms with Gasteiger partial charge in [-0.3, -0.25) is 9.59 Å². The van der Waals surface area contributed by atoms with Crippen molar-refractivity contribution in [2.75, 3.05) is 16.8 Å². The van der Waals surface area contributed by atoms with Gasteiger partial charge in [-0.2, -0.15) is 0 Å². The molecule has 162 valence electrons. The molecule has 2 heterocycles. The molecule has 0 spiro atoms. The van der Waals surface area contributed by atoms with Gasteiger partial charge in [0.1, 0.15) is 11.8 Å². The molecule has 0 bridgehead atoms. The standard InChI is InChI=1S/C26H25N3O3/c30-22-13-6-11-20-25(22)26(23-14-7-15-32-23)29(21-12-5-4-10-19(21)28-20)17-24(31)27-16-18-8-2-1-3-9-18/h1-5,7-10,12,14-15,26,28H,6,11,13,16-17H2,(H,27,31)/t26-/m0/s1. The summed E-state index contributed by atoms with van der Waals surface area (Å²) in [6.07, 6.45) is 3.72. The van der Waals surface area contributed by atoms with E-state index in [2.05, 4.69) is 10.6 Å². The summed E-state index contributed by atoms with van der Waals surface area (Å²) in [6, 6.07) is 20.9. The lowest BCUT2D eigenvalue weighted by molar-refractivity contribution is -0.120. The summed E-state index contributed by atoms with van der Waals surface area (Å²) in [5, 5.41) is 6.50. The molecule has 0 saturated heterocycles. The number of Topliss-reactive ketones (excluding diaryl/α,β-unsaturated/α-hetero) is 1. The van der Waals surface area contributed by atoms with E-state index in [1.807, 2.05) is 71.6 Å². The van der Waals surface area contributed by atoms with Crippen molar-refractivity contribution >= 4 is 23.1 Å². The molecule has 6 heteroatoms. The zero-order valence-corrected chi connectivity index (χ0v) is 17.7. The van der Waals surface area contributed by atoms with Crippen molar-refractivity contribution < 1.29 is 14.0 Å². The molecule has 1 aromatic heterocycles. The lowest BCUT2D eigenvalue weighted by Gasteiger charge is -2.33. The van der Waals surface area contributed by atoms with Crippen molar-refractivity contribution in [2.24, 2.45) is 0 Å². The molecule has 1 aliphatic carbocycles. The van der Waals surface area contributed by atoms with Gasteiger partial charge in [0.25, 0.3) is 0 Å². The summed E-state index contributed by atoms with van der Waals surface area (Å²) in [5.74, 6) is 0.636. The molecular weight excluding hydrogens is 402 g/mol. The summed E-state index contributed by atoms with van der Waals surface area (Å²) < 4.78 is 5.79. The summed E-state index contributed by atoms with van der Waals surface area (Å²) in [7, 11) is 0. The SMILES string of the molecule is O=C(CN1c2ccccc2NC2=C(C(=O)CCC2)[C@@H]1c1ccco1)NCc1ccccc1. The van der Waals surface area contributed by atoms with E-state index in [1.165, 1.54) is 0 Å². The third-order valence-electron chi connectivity index (χ3n) is 6.00. The molecule has 2 aliphatic rings. The number of para-hydroxylation sites is 2. The molecule has 6 nitrogen and oxygen atoms in total. The number of furan rings is 1. The van der Waals surface area contributed by atoms with Gasteiger partial charge in [-0.05, 0) is 42.7 Å². The lowest BCUT2D eigenvalue weighted by atomic mass is 9.88. The molecule has 32 heavy (non-hydrogen) atoms. The molecule has 2 N–H and O–H groups in total. The second-order valence-electron chi connectivity index (χ2n) is 8.12. The number of carbonyl (C=O) groups is 2. The Labute approximate surface area is 186 Å². The van der Waals surface area contributed by atoms with Gasteiger partial charge in [0.15, 0.2) is 5.78 Å². The molecule has 2 aromatic carbocycles. The van der Waals surface area contributed by atoms with Gasteiger partial charge in [-0.25, -0.2) is 0 Å². The maximum absolute atomic E-state index is 13.1. The smallest absolute Gasteiger partial charge is 0.239 e. The first-order chi connectivity index (χ1) is 15.7. The lowest BCUT2D eigenvalue weighted by Crippen LogP contribution is -2.41. The highest BCUT2D eigenvalue weighted by Gasteiger charge is 2.38. The Morgan fingerprint density at radius 1 is 1.03 bits per heavy atom. The second-order valence-corrected chi connectivity index (χ2v) is 8.12. The van der Waals surface area contributed by atoms with E-state index in [1.54, 1.807) is 6.26 Å². The topological polar surface area (TPSA) is 74.6 Å². The Bertz CT molecular complexity index is 1150. The van der Waals surface area contributed by atoms with Gasteiger partial charge >= 0.3 is 0 Å². The molecule has 3 aromatic rings. The third-order valence-corrected chi connectivity index (χ3v) is 6.00. The number of nitrogens with one attached hydrogen (secondary N) is 2. The Morgan fingerprint density at radius 2 is 1.84 bits per heavy atom. The van der Waals surface area contributed by atoms with Crippen LogP contribution in [0.2, 0.25) is 0 Å². The minimum Gasteiger partial charge on any atom is -0.467 e. The summed E-state index contributed by atoms with van der Waals surface area (Å²) >= 11 is 0. The number of benzene rings is 2. The van der Waals surface area contributed by atoms with Crippen molar-refractivity contribution in [2.45, 2.75) is 31.8 Å². The first-order valence-electron chi connectivity index (χ1n) is 10.9. The van der Waals surface area contributed by atoms with Gasteiger partial charge in [0, 0.05) is 24.2 Å². The van der Waals surface area contributed by atoms with Crippen LogP contribution in [-0.2, 0) is 16.1 Å². The number of rotatable bonds is 5. The van der Waals surface area contributed by atoms with E-state index in [4.69, 9.17) is 4.42 Å². The fourth-order valence-electron chi connectivity index (χ4n) is 4.52. The Balaban J connectivity index is 1.52. The Hall–Kier alpha value is -3.80. The molecule has 1 atom stereocenters. The largest absolute Gasteiger partial charge is 0.467 e. The number of fused-ring (bicyclic) bond motifs is 1. The van der Waals surface area contributed by atoms with Crippen LogP contribution in [0.4, 0.5) is 11.4 Å². The predicted octanol–water partition coefficient (Wildman–Crippen LogP) is 4.58. The zero-order chi connectivity index (χ0) is 21.9. The Kier molecular flexibility index (Phi) is 5.50. The molecule has 0 unspecified atom stereocenters. The molecule has 1 aliphatic heterocycles. The average molecular weight is 428 g/mol. The van der Waals surface area contributed by atoms with Crippen LogP contribution in [0.15, 0.2) is 88.7 Å². The average Bonchev–Trinajstić information content (AvgIpc) is 3.30. The van der Waals surface area contributed by atoms with Crippen LogP contribution in [-0.4, -0.2) is 18.2 Å². The molecule has 0 fully saturated rings. The normalized spacial score (nSPS) is 17.8. The molecular formula is C26H25N3O3. The number of nitrogens with zero attached hydrogens (tertiary/aromatic N) is 1. The summed E-state index contributed by atoms with van der Waals surface area (Å²) in [6.45, 7) is 0.548. The van der Waals surface area contributed by atoms with E-state index in [-0.39, 0.29) is 18.2 Å². The van der Waals surface area contributed by atoms with Crippen molar-refractivity contribution in [3.8, 4) is 0 Å². The minimum atomic E-state index is -0.466. The van der Waals surface area contributed by atoms with Crippen LogP contribution in [0.3, 0.4) is 0 Å². The Morgan fingerprint density at radius 3 is 2.66 bits per heavy atom. The monoisotopic (exact) mass is 427 g/mol. The number of ketones is 1. The summed E-state index contributed by atoms with van der Waals surface area (Å²) in [5.41, 5.74) is 4.40. The number of amides is 1. The number of hydrogen-bond acceptors (Lipinski definition) is 5. The van der Waals surface area contributed by atoms with Crippen molar-refractivity contribution in [3.05, 3.63) is 95.6 Å². The first kappa shape index (κ1) is 20.1. The van der Waals surface area contributed by atoms with Gasteiger partial charge in [-0.1, -0.05) is 42.5 Å². The minimum absolute atomic E-state index is 0.0982. The number of anilines is 2. The predicted molar refractivity (Wildman–Crippen MR) is 123 cm³/mol. The fourth-order valence-corrected chi connectivity index (χ4v) is 4.52. The first-order valence-corrected chi connectivity index (χ1v) is 10.9. The molecule has 5 rings (SSSR count). The van der Waals surface area contributed by atoms with Crippen LogP contribution >= 0.6 is 0 Å². The van der Waals surface area contributed by atoms with E-state index in [0.29, 0.717) is 24.3 Å². The van der Waals surface area contributed by atoms with Crippen molar-refractivity contribution in [1.29, 1.82) is 0 Å². The van der Waals surface area contributed by atoms with Crippen molar-refractivity contribution in [3.63, 3.8) is 0 Å². The van der Waals surface area contributed by atoms with Gasteiger partial charge in [0.05, 0.1) is 24.2 Å². The van der Waals surface area contributed by atoms with Gasteiger partial charge < -0.3 is 20.0 Å². The van der Waals surface area contributed by atoms with Crippen molar-refractivity contribution in [1.82, 2.24) is 5.32 Å².